The van der Waals surface area contributed by atoms with Gasteiger partial charge in [0.25, 0.3) is 6.20 Å². The van der Waals surface area contributed by atoms with E-state index in [2.05, 4.69) is 99.6 Å². The van der Waals surface area contributed by atoms with Crippen molar-refractivity contribution in [1.82, 2.24) is 0 Å². The smallest absolute Gasteiger partial charge is 0.264 e. The van der Waals surface area contributed by atoms with Gasteiger partial charge in [0, 0.05) is 61.9 Å². The van der Waals surface area contributed by atoms with Crippen LogP contribution in [0, 0.1) is 0 Å². The lowest BCUT2D eigenvalue weighted by molar-refractivity contribution is -0.885. The molecule has 2 aliphatic heterocycles. The molecule has 0 radical (unpaired) electrons. The third kappa shape index (κ3) is 5.58. The monoisotopic (exact) mass is 655 g/mol. The van der Waals surface area contributed by atoms with Crippen LogP contribution in [-0.4, -0.2) is 30.5 Å². The van der Waals surface area contributed by atoms with Crippen LogP contribution in [-0.2, 0) is 10.8 Å². The summed E-state index contributed by atoms with van der Waals surface area (Å²) in [5.41, 5.74) is 9.40. The molecule has 3 aliphatic rings. The van der Waals surface area contributed by atoms with Gasteiger partial charge >= 0.3 is 0 Å². The Hall–Kier alpha value is -3.80. The summed E-state index contributed by atoms with van der Waals surface area (Å²) in [4.78, 5) is 7.82. The van der Waals surface area contributed by atoms with Crippen LogP contribution in [0.15, 0.2) is 108 Å². The lowest BCUT2D eigenvalue weighted by Crippen LogP contribution is -2.39. The second kappa shape index (κ2) is 12.4. The van der Waals surface area contributed by atoms with Crippen molar-refractivity contribution < 1.29 is 18.9 Å². The first-order valence-electron chi connectivity index (χ1n) is 16.1. The fourth-order valence-corrected chi connectivity index (χ4v) is 7.56. The summed E-state index contributed by atoms with van der Waals surface area (Å²) in [6.07, 6.45) is 14.5. The number of allylic oxidation sites excluding steroid dienone is 7. The van der Waals surface area contributed by atoms with E-state index < -0.39 is 0 Å². The van der Waals surface area contributed by atoms with Crippen molar-refractivity contribution in [2.75, 3.05) is 25.1 Å². The molecular weight excluding hydrogens is 613 g/mol. The zero-order chi connectivity index (χ0) is 32.8. The van der Waals surface area contributed by atoms with Crippen LogP contribution < -0.4 is 19.2 Å². The molecule has 7 heteroatoms. The van der Waals surface area contributed by atoms with Crippen molar-refractivity contribution in [2.45, 2.75) is 65.2 Å². The molecule has 0 saturated carbocycles. The Morgan fingerprint density at radius 1 is 0.891 bits per heavy atom. The van der Waals surface area contributed by atoms with Crippen molar-refractivity contribution in [2.24, 2.45) is 0 Å². The summed E-state index contributed by atoms with van der Waals surface area (Å²) < 4.78 is 10.7. The summed E-state index contributed by atoms with van der Waals surface area (Å²) in [6, 6.07) is 16.3. The Morgan fingerprint density at radius 2 is 1.63 bits per heavy atom. The van der Waals surface area contributed by atoms with Gasteiger partial charge in [0.15, 0.2) is 11.5 Å². The van der Waals surface area contributed by atoms with Crippen LogP contribution in [0.5, 0.6) is 5.75 Å². The Kier molecular flexibility index (Phi) is 8.69. The maximum absolute atomic E-state index is 6.70. The van der Waals surface area contributed by atoms with Crippen molar-refractivity contribution in [3.8, 4) is 5.75 Å². The molecular formula is C39H43Cl2N3O2+2. The minimum Gasteiger partial charge on any atom is -0.450 e. The Morgan fingerprint density at radius 3 is 2.35 bits per heavy atom. The number of anilines is 1. The SMILES string of the molecule is CCN1/C(=C/C=C2\CCC(/C=C/C3=[N+](CC)c4ccc(Cl)cc4C3(C)C)=C2Oc2ccc[n+](OC)c2)C(C)(C)c2cc(Cl)ccc21. The molecule has 0 saturated heterocycles. The van der Waals surface area contributed by atoms with Crippen molar-refractivity contribution in [3.63, 3.8) is 0 Å². The second-order valence-corrected chi connectivity index (χ2v) is 13.9. The van der Waals surface area contributed by atoms with Gasteiger partial charge in [0.05, 0.1) is 5.41 Å². The summed E-state index contributed by atoms with van der Waals surface area (Å²) in [7, 11) is 1.64. The molecule has 3 heterocycles. The zero-order valence-electron chi connectivity index (χ0n) is 27.8. The van der Waals surface area contributed by atoms with Gasteiger partial charge in [-0.25, -0.2) is 0 Å². The molecule has 0 unspecified atom stereocenters. The van der Waals surface area contributed by atoms with Crippen LogP contribution >= 0.6 is 23.2 Å². The number of nitrogens with zero attached hydrogens (tertiary/aromatic N) is 3. The molecule has 0 amide bonds. The summed E-state index contributed by atoms with van der Waals surface area (Å²) in [5.74, 6) is 1.61. The molecule has 46 heavy (non-hydrogen) atoms. The number of benzene rings is 2. The molecule has 1 aliphatic carbocycles. The third-order valence-corrected chi connectivity index (χ3v) is 10.1. The number of aromatic nitrogens is 1. The Balaban J connectivity index is 1.42. The molecule has 1 aromatic heterocycles. The van der Waals surface area contributed by atoms with Gasteiger partial charge in [-0.1, -0.05) is 43.1 Å². The zero-order valence-corrected chi connectivity index (χ0v) is 29.3. The van der Waals surface area contributed by atoms with Gasteiger partial charge in [-0.3, -0.25) is 4.84 Å². The highest BCUT2D eigenvalue weighted by atomic mass is 35.5. The molecule has 2 aromatic carbocycles. The second-order valence-electron chi connectivity index (χ2n) is 13.1. The number of hydrogen-bond acceptors (Lipinski definition) is 3. The highest BCUT2D eigenvalue weighted by Crippen LogP contribution is 2.49. The molecule has 0 spiro atoms. The van der Waals surface area contributed by atoms with E-state index in [9.17, 15) is 0 Å². The van der Waals surface area contributed by atoms with Crippen molar-refractivity contribution in [1.29, 1.82) is 0 Å². The van der Waals surface area contributed by atoms with Gasteiger partial charge in [-0.05, 0) is 106 Å². The first kappa shape index (κ1) is 32.2. The summed E-state index contributed by atoms with van der Waals surface area (Å²) >= 11 is 12.9. The van der Waals surface area contributed by atoms with E-state index in [4.69, 9.17) is 32.8 Å². The lowest BCUT2D eigenvalue weighted by Gasteiger charge is -2.26. The van der Waals surface area contributed by atoms with Crippen LogP contribution in [0.3, 0.4) is 0 Å². The number of likely N-dealkylation sites (N-methyl/N-ethyl adjacent to an activating group) is 1. The molecule has 3 aromatic rings. The van der Waals surface area contributed by atoms with Gasteiger partial charge < -0.3 is 9.64 Å². The number of hydrogen-bond donors (Lipinski definition) is 0. The molecule has 6 rings (SSSR count). The van der Waals surface area contributed by atoms with Crippen LogP contribution in [0.1, 0.15) is 65.5 Å². The van der Waals surface area contributed by atoms with Crippen LogP contribution in [0.25, 0.3) is 0 Å². The molecule has 0 bridgehead atoms. The van der Waals surface area contributed by atoms with Gasteiger partial charge in [-0.2, -0.15) is 4.58 Å². The molecule has 238 valence electrons. The third-order valence-electron chi connectivity index (χ3n) is 9.65. The predicted molar refractivity (Wildman–Crippen MR) is 189 cm³/mol. The van der Waals surface area contributed by atoms with E-state index in [-0.39, 0.29) is 10.8 Å². The van der Waals surface area contributed by atoms with Crippen LogP contribution in [0.2, 0.25) is 10.0 Å². The number of ether oxygens (including phenoxy) is 1. The van der Waals surface area contributed by atoms with E-state index in [0.717, 1.165) is 47.5 Å². The Labute approximate surface area is 283 Å². The van der Waals surface area contributed by atoms with E-state index in [1.54, 1.807) is 11.8 Å². The van der Waals surface area contributed by atoms with Crippen molar-refractivity contribution in [3.05, 3.63) is 129 Å². The van der Waals surface area contributed by atoms with Crippen LogP contribution in [0.4, 0.5) is 11.4 Å². The predicted octanol–water partition coefficient (Wildman–Crippen LogP) is 9.05. The summed E-state index contributed by atoms with van der Waals surface area (Å²) in [5, 5.41) is 1.53. The fourth-order valence-electron chi connectivity index (χ4n) is 7.21. The van der Waals surface area contributed by atoms with Gasteiger partial charge in [0.2, 0.25) is 11.9 Å². The largest absolute Gasteiger partial charge is 0.450 e. The first-order valence-corrected chi connectivity index (χ1v) is 16.8. The summed E-state index contributed by atoms with van der Waals surface area (Å²) in [6.45, 7) is 15.2. The first-order chi connectivity index (χ1) is 22.0. The van der Waals surface area contributed by atoms with E-state index in [1.165, 1.54) is 45.1 Å². The highest BCUT2D eigenvalue weighted by Gasteiger charge is 2.44. The number of pyridine rings is 1. The lowest BCUT2D eigenvalue weighted by atomic mass is 9.81. The Bertz CT molecular complexity index is 1860. The minimum atomic E-state index is -0.185. The fraction of sp³-hybridized carbons (Fsp3) is 0.333. The topological polar surface area (TPSA) is 28.6 Å². The highest BCUT2D eigenvalue weighted by molar-refractivity contribution is 6.31. The molecule has 0 atom stereocenters. The van der Waals surface area contributed by atoms with Crippen molar-refractivity contribution >= 4 is 40.3 Å². The quantitative estimate of drug-likeness (QED) is 0.227. The molecule has 5 nitrogen and oxygen atoms in total. The molecule has 0 N–H and O–H groups in total. The van der Waals surface area contributed by atoms with E-state index in [0.29, 0.717) is 0 Å². The average molecular weight is 657 g/mol. The molecule has 0 fully saturated rings. The number of rotatable bonds is 8. The maximum Gasteiger partial charge on any atom is 0.264 e. The number of halogens is 2. The van der Waals surface area contributed by atoms with Gasteiger partial charge in [0.1, 0.15) is 19.4 Å². The maximum atomic E-state index is 6.70. The number of fused-ring (bicyclic) bond motifs is 2. The standard InChI is InChI=1S/C39H43Cl2N3O2/c1-8-43-33-18-16-28(40)23-31(33)38(3,4)35(43)20-14-26-12-13-27(37(26)46-30-11-10-22-42(25-30)45-7)15-21-36-39(5,6)32-24-29(41)17-19-34(32)44(36)9-2/h10-11,14-25H,8-9,12-13H2,1-7H3/q+2. The normalized spacial score (nSPS) is 20.0. The average Bonchev–Trinajstić information content (AvgIpc) is 3.59. The van der Waals surface area contributed by atoms with E-state index in [1.807, 2.05) is 36.7 Å². The minimum absolute atomic E-state index is 0.185. The van der Waals surface area contributed by atoms with E-state index >= 15 is 0 Å². The van der Waals surface area contributed by atoms with Gasteiger partial charge in [-0.15, -0.1) is 0 Å².